The van der Waals surface area contributed by atoms with Crippen LogP contribution in [-0.2, 0) is 9.47 Å². The molecule has 1 heterocycles. The molecule has 6 heteroatoms. The molecule has 0 spiro atoms. The molecule has 1 aliphatic heterocycles. The summed E-state index contributed by atoms with van der Waals surface area (Å²) in [5.41, 5.74) is 0. The maximum atomic E-state index is 9.45. The first-order valence-electron chi connectivity index (χ1n) is 5.07. The molecule has 0 amide bonds. The lowest BCUT2D eigenvalue weighted by atomic mass is 10.0. The highest BCUT2D eigenvalue weighted by atomic mass is 16.7. The van der Waals surface area contributed by atoms with Crippen LogP contribution in [0.2, 0.25) is 0 Å². The van der Waals surface area contributed by atoms with Crippen molar-refractivity contribution < 1.29 is 29.9 Å². The second-order valence-corrected chi connectivity index (χ2v) is 3.59. The van der Waals surface area contributed by atoms with Crippen molar-refractivity contribution in [2.45, 2.75) is 50.7 Å². The molecule has 0 aromatic heterocycles. The number of rotatable bonds is 4. The molecule has 1 aliphatic rings. The summed E-state index contributed by atoms with van der Waals surface area (Å²) in [6.45, 7) is 2.35. The summed E-state index contributed by atoms with van der Waals surface area (Å²) in [6, 6.07) is 0. The topological polar surface area (TPSA) is 99.4 Å². The summed E-state index contributed by atoms with van der Waals surface area (Å²) >= 11 is 0. The third kappa shape index (κ3) is 3.10. The Hall–Kier alpha value is -0.240. The second-order valence-electron chi connectivity index (χ2n) is 3.59. The SMILES string of the molecule is CCCCOC1OC(O)C(O)C(O)C1O. The zero-order valence-corrected chi connectivity index (χ0v) is 8.61. The molecule has 0 aliphatic carbocycles. The molecule has 0 aromatic carbocycles. The van der Waals surface area contributed by atoms with Gasteiger partial charge in [-0.25, -0.2) is 0 Å². The predicted molar refractivity (Wildman–Crippen MR) is 49.8 cm³/mol. The first kappa shape index (κ1) is 12.8. The van der Waals surface area contributed by atoms with Crippen molar-refractivity contribution in [2.75, 3.05) is 6.61 Å². The average Bonchev–Trinajstić information content (AvgIpc) is 2.23. The minimum Gasteiger partial charge on any atom is -0.387 e. The molecule has 0 radical (unpaired) electrons. The van der Waals surface area contributed by atoms with Crippen LogP contribution in [0.15, 0.2) is 0 Å². The Kier molecular flexibility index (Phi) is 4.91. The van der Waals surface area contributed by atoms with Gasteiger partial charge in [-0.15, -0.1) is 0 Å². The van der Waals surface area contributed by atoms with Gasteiger partial charge in [-0.05, 0) is 6.42 Å². The van der Waals surface area contributed by atoms with E-state index >= 15 is 0 Å². The minimum absolute atomic E-state index is 0.369. The minimum atomic E-state index is -1.53. The molecule has 0 bridgehead atoms. The molecule has 1 saturated heterocycles. The number of ether oxygens (including phenoxy) is 2. The second kappa shape index (κ2) is 5.74. The van der Waals surface area contributed by atoms with E-state index in [0.29, 0.717) is 6.61 Å². The fraction of sp³-hybridized carbons (Fsp3) is 1.00. The molecule has 1 fully saturated rings. The molecule has 6 nitrogen and oxygen atoms in total. The number of aliphatic hydroxyl groups excluding tert-OH is 4. The van der Waals surface area contributed by atoms with Gasteiger partial charge >= 0.3 is 0 Å². The Morgan fingerprint density at radius 1 is 1.07 bits per heavy atom. The highest BCUT2D eigenvalue weighted by molar-refractivity contribution is 4.84. The summed E-state index contributed by atoms with van der Waals surface area (Å²) in [5.74, 6) is 0. The summed E-state index contributed by atoms with van der Waals surface area (Å²) in [4.78, 5) is 0. The summed E-state index contributed by atoms with van der Waals surface area (Å²) in [5, 5.41) is 37.1. The van der Waals surface area contributed by atoms with Gasteiger partial charge in [0, 0.05) is 6.61 Å². The molecule has 0 saturated carbocycles. The third-order valence-electron chi connectivity index (χ3n) is 2.32. The fourth-order valence-electron chi connectivity index (χ4n) is 1.31. The van der Waals surface area contributed by atoms with Gasteiger partial charge in [-0.1, -0.05) is 13.3 Å². The monoisotopic (exact) mass is 222 g/mol. The van der Waals surface area contributed by atoms with Crippen LogP contribution in [0, 0.1) is 0 Å². The lowest BCUT2D eigenvalue weighted by Crippen LogP contribution is -2.58. The maximum Gasteiger partial charge on any atom is 0.189 e. The maximum absolute atomic E-state index is 9.45. The number of hydrogen-bond donors (Lipinski definition) is 4. The van der Waals surface area contributed by atoms with Crippen LogP contribution >= 0.6 is 0 Å². The predicted octanol–water partition coefficient (Wildman–Crippen LogP) is -1.44. The van der Waals surface area contributed by atoms with Crippen molar-refractivity contribution in [2.24, 2.45) is 0 Å². The van der Waals surface area contributed by atoms with E-state index in [1.807, 2.05) is 6.92 Å². The summed E-state index contributed by atoms with van der Waals surface area (Å²) in [7, 11) is 0. The molecule has 90 valence electrons. The lowest BCUT2D eigenvalue weighted by Gasteiger charge is -2.37. The Morgan fingerprint density at radius 3 is 2.33 bits per heavy atom. The molecule has 15 heavy (non-hydrogen) atoms. The first-order valence-corrected chi connectivity index (χ1v) is 5.07. The summed E-state index contributed by atoms with van der Waals surface area (Å²) < 4.78 is 9.92. The van der Waals surface area contributed by atoms with Crippen LogP contribution in [0.1, 0.15) is 19.8 Å². The Labute approximate surface area is 88.1 Å². The van der Waals surface area contributed by atoms with Crippen LogP contribution in [0.3, 0.4) is 0 Å². The van der Waals surface area contributed by atoms with Crippen LogP contribution in [0.4, 0.5) is 0 Å². The zero-order chi connectivity index (χ0) is 11.4. The molecule has 1 rings (SSSR count). The van der Waals surface area contributed by atoms with Crippen LogP contribution < -0.4 is 0 Å². The van der Waals surface area contributed by atoms with Crippen LogP contribution in [0.25, 0.3) is 0 Å². The van der Waals surface area contributed by atoms with E-state index in [1.165, 1.54) is 0 Å². The van der Waals surface area contributed by atoms with Gasteiger partial charge in [0.15, 0.2) is 12.6 Å². The van der Waals surface area contributed by atoms with Gasteiger partial charge < -0.3 is 29.9 Å². The van der Waals surface area contributed by atoms with Gasteiger partial charge in [-0.3, -0.25) is 0 Å². The molecule has 0 aromatic rings. The molecule has 5 atom stereocenters. The smallest absolute Gasteiger partial charge is 0.189 e. The van der Waals surface area contributed by atoms with Crippen molar-refractivity contribution in [3.8, 4) is 0 Å². The van der Waals surface area contributed by atoms with E-state index in [0.717, 1.165) is 12.8 Å². The van der Waals surface area contributed by atoms with Crippen molar-refractivity contribution in [3.05, 3.63) is 0 Å². The number of unbranched alkanes of at least 4 members (excludes halogenated alkanes) is 1. The van der Waals surface area contributed by atoms with Gasteiger partial charge in [-0.2, -0.15) is 0 Å². The molecular weight excluding hydrogens is 204 g/mol. The largest absolute Gasteiger partial charge is 0.387 e. The average molecular weight is 222 g/mol. The van der Waals surface area contributed by atoms with Crippen molar-refractivity contribution in [1.29, 1.82) is 0 Å². The Bertz CT molecular complexity index is 187. The van der Waals surface area contributed by atoms with E-state index in [1.54, 1.807) is 0 Å². The number of aliphatic hydroxyl groups is 4. The van der Waals surface area contributed by atoms with Gasteiger partial charge in [0.25, 0.3) is 0 Å². The Morgan fingerprint density at radius 2 is 1.73 bits per heavy atom. The summed E-state index contributed by atoms with van der Waals surface area (Å²) in [6.07, 6.45) is -5.22. The van der Waals surface area contributed by atoms with Gasteiger partial charge in [0.2, 0.25) is 0 Å². The molecular formula is C9H18O6. The molecule has 5 unspecified atom stereocenters. The lowest BCUT2D eigenvalue weighted by molar-refractivity contribution is -0.340. The van der Waals surface area contributed by atoms with Crippen molar-refractivity contribution in [3.63, 3.8) is 0 Å². The van der Waals surface area contributed by atoms with Gasteiger partial charge in [0.05, 0.1) is 0 Å². The third-order valence-corrected chi connectivity index (χ3v) is 2.32. The highest BCUT2D eigenvalue weighted by Crippen LogP contribution is 2.20. The zero-order valence-electron chi connectivity index (χ0n) is 8.61. The van der Waals surface area contributed by atoms with Crippen molar-refractivity contribution >= 4 is 0 Å². The number of hydrogen-bond acceptors (Lipinski definition) is 6. The van der Waals surface area contributed by atoms with E-state index < -0.39 is 30.9 Å². The van der Waals surface area contributed by atoms with Gasteiger partial charge in [0.1, 0.15) is 18.3 Å². The first-order chi connectivity index (χ1) is 7.07. The standard InChI is InChI=1S/C9H18O6/c1-2-3-4-14-9-7(12)5(10)6(11)8(13)15-9/h5-13H,2-4H2,1H3. The quantitative estimate of drug-likeness (QED) is 0.435. The fourth-order valence-corrected chi connectivity index (χ4v) is 1.31. The Balaban J connectivity index is 2.43. The molecule has 4 N–H and O–H groups in total. The van der Waals surface area contributed by atoms with E-state index in [-0.39, 0.29) is 0 Å². The van der Waals surface area contributed by atoms with Crippen LogP contribution in [-0.4, -0.2) is 57.9 Å². The van der Waals surface area contributed by atoms with Crippen LogP contribution in [0.5, 0.6) is 0 Å². The normalized spacial score (nSPS) is 41.8. The van der Waals surface area contributed by atoms with E-state index in [4.69, 9.17) is 19.7 Å². The van der Waals surface area contributed by atoms with E-state index in [9.17, 15) is 10.2 Å². The van der Waals surface area contributed by atoms with E-state index in [2.05, 4.69) is 0 Å². The highest BCUT2D eigenvalue weighted by Gasteiger charge is 2.43. The van der Waals surface area contributed by atoms with Crippen molar-refractivity contribution in [1.82, 2.24) is 0 Å².